The van der Waals surface area contributed by atoms with Crippen LogP contribution < -0.4 is 4.74 Å². The Morgan fingerprint density at radius 1 is 1.35 bits per heavy atom. The number of carboxylic acids is 1. The van der Waals surface area contributed by atoms with Crippen molar-refractivity contribution < 1.29 is 23.6 Å². The molecule has 0 atom stereocenters. The first-order valence-corrected chi connectivity index (χ1v) is 7.11. The summed E-state index contributed by atoms with van der Waals surface area (Å²) in [5.74, 6) is -1.61. The Hall–Kier alpha value is -2.31. The number of ether oxygens (including phenoxy) is 1. The number of aliphatic carboxylic acids is 1. The van der Waals surface area contributed by atoms with Crippen molar-refractivity contribution in [2.45, 2.75) is 0 Å². The number of benzene rings is 2. The van der Waals surface area contributed by atoms with Crippen molar-refractivity contribution >= 4 is 40.1 Å². The number of fused-ring (bicyclic) bond motifs is 1. The lowest BCUT2D eigenvalue weighted by atomic mass is 10.1. The lowest BCUT2D eigenvalue weighted by Gasteiger charge is -2.07. The molecular weight excluding hydrogens is 348 g/mol. The molecule has 0 unspecified atom stereocenters. The predicted octanol–water partition coefficient (Wildman–Crippen LogP) is 4.40. The molecular formula is C15H8Cl2FNO4. The molecule has 3 aromatic rings. The topological polar surface area (TPSA) is 72.6 Å². The summed E-state index contributed by atoms with van der Waals surface area (Å²) >= 11 is 12.3. The van der Waals surface area contributed by atoms with Crippen molar-refractivity contribution in [2.24, 2.45) is 0 Å². The van der Waals surface area contributed by atoms with Crippen LogP contribution in [0.1, 0.15) is 0 Å². The van der Waals surface area contributed by atoms with E-state index in [1.54, 1.807) is 12.1 Å². The third-order valence-corrected chi connectivity index (χ3v) is 3.74. The van der Waals surface area contributed by atoms with Crippen molar-refractivity contribution in [1.82, 2.24) is 5.16 Å². The van der Waals surface area contributed by atoms with Gasteiger partial charge in [0, 0.05) is 11.6 Å². The SMILES string of the molecule is O=C(O)COc1cc(Cl)c2c(-c3ccccc3F)noc2c1Cl. The molecule has 3 rings (SSSR count). The molecule has 118 valence electrons. The molecule has 1 N–H and O–H groups in total. The molecule has 0 aliphatic heterocycles. The molecule has 0 amide bonds. The Morgan fingerprint density at radius 2 is 2.09 bits per heavy atom. The van der Waals surface area contributed by atoms with Crippen LogP contribution in [0.15, 0.2) is 34.9 Å². The van der Waals surface area contributed by atoms with Crippen LogP contribution >= 0.6 is 23.2 Å². The van der Waals surface area contributed by atoms with Crippen LogP contribution in [0.5, 0.6) is 5.75 Å². The molecule has 2 aromatic carbocycles. The van der Waals surface area contributed by atoms with E-state index in [4.69, 9.17) is 37.6 Å². The molecule has 0 bridgehead atoms. The van der Waals surface area contributed by atoms with Gasteiger partial charge in [-0.25, -0.2) is 9.18 Å². The van der Waals surface area contributed by atoms with E-state index in [2.05, 4.69) is 5.16 Å². The maximum Gasteiger partial charge on any atom is 0.341 e. The van der Waals surface area contributed by atoms with E-state index in [0.717, 1.165) is 0 Å². The first-order chi connectivity index (χ1) is 11.0. The van der Waals surface area contributed by atoms with Gasteiger partial charge in [0.15, 0.2) is 12.2 Å². The van der Waals surface area contributed by atoms with Crippen LogP contribution in [-0.4, -0.2) is 22.8 Å². The minimum atomic E-state index is -1.16. The third kappa shape index (κ3) is 2.83. The van der Waals surface area contributed by atoms with Crippen LogP contribution in [0, 0.1) is 5.82 Å². The quantitative estimate of drug-likeness (QED) is 0.750. The summed E-state index contributed by atoms with van der Waals surface area (Å²) in [4.78, 5) is 10.6. The van der Waals surface area contributed by atoms with Gasteiger partial charge in [0.1, 0.15) is 22.3 Å². The van der Waals surface area contributed by atoms with Crippen LogP contribution in [0.2, 0.25) is 10.0 Å². The van der Waals surface area contributed by atoms with Gasteiger partial charge in [0.05, 0.1) is 10.4 Å². The normalized spacial score (nSPS) is 10.9. The largest absolute Gasteiger partial charge is 0.480 e. The molecule has 0 saturated carbocycles. The number of carbonyl (C=O) groups is 1. The first-order valence-electron chi connectivity index (χ1n) is 6.36. The van der Waals surface area contributed by atoms with E-state index in [1.165, 1.54) is 18.2 Å². The van der Waals surface area contributed by atoms with Crippen molar-refractivity contribution in [2.75, 3.05) is 6.61 Å². The highest BCUT2D eigenvalue weighted by molar-refractivity contribution is 6.41. The molecule has 1 aromatic heterocycles. The zero-order chi connectivity index (χ0) is 16.6. The van der Waals surface area contributed by atoms with E-state index >= 15 is 0 Å². The average Bonchev–Trinajstić information content (AvgIpc) is 2.95. The highest BCUT2D eigenvalue weighted by Crippen LogP contribution is 2.42. The van der Waals surface area contributed by atoms with Gasteiger partial charge in [0.25, 0.3) is 0 Å². The Balaban J connectivity index is 2.17. The maximum absolute atomic E-state index is 14.0. The maximum atomic E-state index is 14.0. The summed E-state index contributed by atoms with van der Waals surface area (Å²) in [5.41, 5.74) is 0.510. The van der Waals surface area contributed by atoms with Crippen LogP contribution in [0.25, 0.3) is 22.2 Å². The fourth-order valence-corrected chi connectivity index (χ4v) is 2.62. The second-order valence-electron chi connectivity index (χ2n) is 4.57. The van der Waals surface area contributed by atoms with Gasteiger partial charge in [-0.05, 0) is 12.1 Å². The fraction of sp³-hybridized carbons (Fsp3) is 0.0667. The summed E-state index contributed by atoms with van der Waals surface area (Å²) in [6.45, 7) is -0.587. The molecule has 0 spiro atoms. The fourth-order valence-electron chi connectivity index (χ4n) is 2.11. The van der Waals surface area contributed by atoms with E-state index in [0.29, 0.717) is 5.39 Å². The molecule has 23 heavy (non-hydrogen) atoms. The third-order valence-electron chi connectivity index (χ3n) is 3.08. The summed E-state index contributed by atoms with van der Waals surface area (Å²) in [7, 11) is 0. The standard InChI is InChI=1S/C15H8Cl2FNO4/c16-8-5-10(22-6-11(20)21)13(17)15-12(8)14(19-23-15)7-3-1-2-4-9(7)18/h1-5H,6H2,(H,20,21). The monoisotopic (exact) mass is 355 g/mol. The molecule has 0 aliphatic rings. The van der Waals surface area contributed by atoms with Gasteiger partial charge < -0.3 is 14.4 Å². The van der Waals surface area contributed by atoms with Crippen LogP contribution in [0.3, 0.4) is 0 Å². The number of rotatable bonds is 4. The number of halogens is 3. The van der Waals surface area contributed by atoms with Gasteiger partial charge in [-0.2, -0.15) is 0 Å². The molecule has 0 aliphatic carbocycles. The molecule has 0 fully saturated rings. The van der Waals surface area contributed by atoms with Gasteiger partial charge in [0.2, 0.25) is 0 Å². The number of aromatic nitrogens is 1. The average molecular weight is 356 g/mol. The summed E-state index contributed by atoms with van der Waals surface area (Å²) in [5, 5.41) is 13.0. The van der Waals surface area contributed by atoms with Crippen molar-refractivity contribution in [3.05, 3.63) is 46.2 Å². The van der Waals surface area contributed by atoms with Gasteiger partial charge in [-0.15, -0.1) is 0 Å². The summed E-state index contributed by atoms with van der Waals surface area (Å²) < 4.78 is 24.2. The second-order valence-corrected chi connectivity index (χ2v) is 5.35. The minimum Gasteiger partial charge on any atom is -0.480 e. The van der Waals surface area contributed by atoms with E-state index < -0.39 is 18.4 Å². The Bertz CT molecular complexity index is 910. The molecule has 0 saturated heterocycles. The van der Waals surface area contributed by atoms with Crippen molar-refractivity contribution in [1.29, 1.82) is 0 Å². The molecule has 5 nitrogen and oxygen atoms in total. The van der Waals surface area contributed by atoms with Crippen LogP contribution in [-0.2, 0) is 4.79 Å². The minimum absolute atomic E-state index is 0.0146. The lowest BCUT2D eigenvalue weighted by Crippen LogP contribution is -2.09. The number of carboxylic acid groups (broad SMARTS) is 1. The van der Waals surface area contributed by atoms with E-state index in [1.807, 2.05) is 0 Å². The van der Waals surface area contributed by atoms with Crippen LogP contribution in [0.4, 0.5) is 4.39 Å². The smallest absolute Gasteiger partial charge is 0.341 e. The Morgan fingerprint density at radius 3 is 2.78 bits per heavy atom. The Kier molecular flexibility index (Phi) is 4.11. The molecule has 1 heterocycles. The van der Waals surface area contributed by atoms with Gasteiger partial charge in [-0.3, -0.25) is 0 Å². The molecule has 0 radical (unpaired) electrons. The van der Waals surface area contributed by atoms with E-state index in [-0.39, 0.29) is 32.6 Å². The summed E-state index contributed by atoms with van der Waals surface area (Å²) in [6, 6.07) is 7.37. The number of hydrogen-bond donors (Lipinski definition) is 1. The number of hydrogen-bond acceptors (Lipinski definition) is 4. The van der Waals surface area contributed by atoms with Crippen molar-refractivity contribution in [3.63, 3.8) is 0 Å². The zero-order valence-corrected chi connectivity index (χ0v) is 12.9. The Labute approximate surface area is 139 Å². The van der Waals surface area contributed by atoms with Crippen molar-refractivity contribution in [3.8, 4) is 17.0 Å². The first kappa shape index (κ1) is 15.6. The highest BCUT2D eigenvalue weighted by atomic mass is 35.5. The van der Waals surface area contributed by atoms with E-state index in [9.17, 15) is 9.18 Å². The highest BCUT2D eigenvalue weighted by Gasteiger charge is 2.22. The van der Waals surface area contributed by atoms with Gasteiger partial charge >= 0.3 is 5.97 Å². The molecule has 8 heteroatoms. The number of nitrogens with zero attached hydrogens (tertiary/aromatic N) is 1. The zero-order valence-electron chi connectivity index (χ0n) is 11.3. The second kappa shape index (κ2) is 6.06. The predicted molar refractivity (Wildman–Crippen MR) is 82.6 cm³/mol. The van der Waals surface area contributed by atoms with Gasteiger partial charge in [-0.1, -0.05) is 40.5 Å². The summed E-state index contributed by atoms with van der Waals surface area (Å²) in [6.07, 6.45) is 0. The lowest BCUT2D eigenvalue weighted by molar-refractivity contribution is -0.139.